The molecular weight excluding hydrogens is 366 g/mol. The van der Waals surface area contributed by atoms with Crippen LogP contribution in [0.1, 0.15) is 31.4 Å². The molecule has 0 amide bonds. The van der Waals surface area contributed by atoms with Gasteiger partial charge in [0.2, 0.25) is 0 Å². The quantitative estimate of drug-likeness (QED) is 0.598. The van der Waals surface area contributed by atoms with Gasteiger partial charge in [-0.15, -0.1) is 0 Å². The van der Waals surface area contributed by atoms with Crippen LogP contribution < -0.4 is 5.73 Å². The summed E-state index contributed by atoms with van der Waals surface area (Å²) in [6, 6.07) is 14.9. The largest absolute Gasteiger partial charge is 0.744 e. The fourth-order valence-corrected chi connectivity index (χ4v) is 2.61. The first kappa shape index (κ1) is 22.8. The van der Waals surface area contributed by atoms with Gasteiger partial charge >= 0.3 is 5.97 Å². The Morgan fingerprint density at radius 3 is 2.11 bits per heavy atom. The average Bonchev–Trinajstić information content (AvgIpc) is 2.60. The van der Waals surface area contributed by atoms with E-state index in [-0.39, 0.29) is 10.9 Å². The van der Waals surface area contributed by atoms with E-state index in [0.29, 0.717) is 18.9 Å². The lowest BCUT2D eigenvalue weighted by Crippen LogP contribution is -2.33. The Kier molecular flexibility index (Phi) is 9.14. The van der Waals surface area contributed by atoms with Crippen molar-refractivity contribution in [3.05, 3.63) is 65.7 Å². The topological polar surface area (TPSA) is 110 Å². The van der Waals surface area contributed by atoms with Crippen LogP contribution in [0.15, 0.2) is 59.5 Å². The number of carbonyl (C=O) groups is 1. The van der Waals surface area contributed by atoms with Crippen molar-refractivity contribution in [3.8, 4) is 0 Å². The van der Waals surface area contributed by atoms with Gasteiger partial charge in [0, 0.05) is 0 Å². The van der Waals surface area contributed by atoms with Crippen molar-refractivity contribution in [2.75, 3.05) is 0 Å². The molecule has 0 radical (unpaired) electrons. The number of rotatable bonds is 6. The van der Waals surface area contributed by atoms with E-state index in [1.54, 1.807) is 12.1 Å². The molecule has 0 unspecified atom stereocenters. The molecule has 2 rings (SSSR count). The highest BCUT2D eigenvalue weighted by Gasteiger charge is 2.16. The van der Waals surface area contributed by atoms with Gasteiger partial charge in [0.05, 0.1) is 4.90 Å². The second kappa shape index (κ2) is 10.8. The highest BCUT2D eigenvalue weighted by molar-refractivity contribution is 7.85. The minimum atomic E-state index is -4.27. The Hall–Kier alpha value is -2.22. The summed E-state index contributed by atoms with van der Waals surface area (Å²) in [5.74, 6) is 0.0804. The molecule has 0 aliphatic carbocycles. The van der Waals surface area contributed by atoms with Crippen LogP contribution in [-0.4, -0.2) is 25.0 Å². The van der Waals surface area contributed by atoms with Crippen LogP contribution in [-0.2, 0) is 26.3 Å². The average molecular weight is 392 g/mol. The standard InChI is InChI=1S/C13H19NO2.C7H8O3S/c1-10(2)8-12(14)13(15)16-9-11-6-4-3-5-7-11;1-6-2-4-7(5-3-6)11(8,9)10/h3-7,10,12H,8-9,14H2,1-2H3;2-5H,1H3,(H,8,9,10)/p-1/t12-;/m0./s1. The van der Waals surface area contributed by atoms with E-state index < -0.39 is 16.2 Å². The summed E-state index contributed by atoms with van der Waals surface area (Å²) in [4.78, 5) is 11.3. The second-order valence-corrected chi connectivity index (χ2v) is 7.98. The molecule has 27 heavy (non-hydrogen) atoms. The summed E-state index contributed by atoms with van der Waals surface area (Å²) in [5.41, 5.74) is 7.62. The maximum absolute atomic E-state index is 11.5. The first-order valence-corrected chi connectivity index (χ1v) is 9.99. The minimum Gasteiger partial charge on any atom is -0.744 e. The minimum absolute atomic E-state index is 0.178. The Bertz CT molecular complexity index is 802. The summed E-state index contributed by atoms with van der Waals surface area (Å²) >= 11 is 0. The van der Waals surface area contributed by atoms with Crippen LogP contribution in [0, 0.1) is 12.8 Å². The molecule has 0 heterocycles. The molecule has 148 valence electrons. The third-order valence-corrected chi connectivity index (χ3v) is 4.41. The zero-order valence-electron chi connectivity index (χ0n) is 15.8. The van der Waals surface area contributed by atoms with Crippen molar-refractivity contribution < 1.29 is 22.5 Å². The van der Waals surface area contributed by atoms with E-state index in [1.807, 2.05) is 51.1 Å². The number of ether oxygens (including phenoxy) is 1. The van der Waals surface area contributed by atoms with Gasteiger partial charge in [-0.2, -0.15) is 0 Å². The van der Waals surface area contributed by atoms with Crippen LogP contribution in [0.2, 0.25) is 0 Å². The number of hydrogen-bond donors (Lipinski definition) is 1. The molecule has 0 spiro atoms. The van der Waals surface area contributed by atoms with E-state index in [2.05, 4.69) is 0 Å². The maximum atomic E-state index is 11.5. The zero-order chi connectivity index (χ0) is 20.4. The number of benzene rings is 2. The Labute approximate surface area is 161 Å². The van der Waals surface area contributed by atoms with Crippen molar-refractivity contribution in [1.82, 2.24) is 0 Å². The van der Waals surface area contributed by atoms with Crippen molar-refractivity contribution in [2.24, 2.45) is 11.7 Å². The molecule has 0 fully saturated rings. The highest BCUT2D eigenvalue weighted by Crippen LogP contribution is 2.08. The van der Waals surface area contributed by atoms with Gasteiger partial charge < -0.3 is 15.0 Å². The van der Waals surface area contributed by atoms with Crippen LogP contribution in [0.5, 0.6) is 0 Å². The van der Waals surface area contributed by atoms with Gasteiger partial charge in [-0.1, -0.05) is 61.9 Å². The van der Waals surface area contributed by atoms with E-state index in [4.69, 9.17) is 10.5 Å². The van der Waals surface area contributed by atoms with Crippen molar-refractivity contribution >= 4 is 16.1 Å². The van der Waals surface area contributed by atoms with Crippen molar-refractivity contribution in [2.45, 2.75) is 44.7 Å². The molecule has 0 aliphatic rings. The van der Waals surface area contributed by atoms with E-state index in [0.717, 1.165) is 11.1 Å². The van der Waals surface area contributed by atoms with Crippen LogP contribution in [0.4, 0.5) is 0 Å². The SMILES string of the molecule is CC(C)C[C@H](N)C(=O)OCc1ccccc1.Cc1ccc(S(=O)(=O)[O-])cc1. The first-order chi connectivity index (χ1) is 12.6. The number of carbonyl (C=O) groups excluding carboxylic acids is 1. The fraction of sp³-hybridized carbons (Fsp3) is 0.350. The van der Waals surface area contributed by atoms with Crippen LogP contribution in [0.3, 0.4) is 0 Å². The van der Waals surface area contributed by atoms with E-state index >= 15 is 0 Å². The third-order valence-electron chi connectivity index (χ3n) is 3.56. The van der Waals surface area contributed by atoms with Gasteiger partial charge in [0.1, 0.15) is 22.8 Å². The molecule has 6 nitrogen and oxygen atoms in total. The number of esters is 1. The molecule has 0 saturated carbocycles. The molecule has 0 bridgehead atoms. The normalized spacial score (nSPS) is 12.1. The molecule has 0 aromatic heterocycles. The fourth-order valence-electron chi connectivity index (χ4n) is 2.14. The third kappa shape index (κ3) is 9.33. The number of aryl methyl sites for hydroxylation is 1. The molecule has 0 saturated heterocycles. The van der Waals surface area contributed by atoms with Crippen LogP contribution >= 0.6 is 0 Å². The summed E-state index contributed by atoms with van der Waals surface area (Å²) in [5, 5.41) is 0. The lowest BCUT2D eigenvalue weighted by Gasteiger charge is -2.13. The molecule has 7 heteroatoms. The van der Waals surface area contributed by atoms with Gasteiger partial charge in [-0.05, 0) is 37.0 Å². The predicted molar refractivity (Wildman–Crippen MR) is 103 cm³/mol. The first-order valence-electron chi connectivity index (χ1n) is 8.58. The number of hydrogen-bond acceptors (Lipinski definition) is 6. The molecule has 0 aliphatic heterocycles. The molecule has 2 aromatic carbocycles. The Morgan fingerprint density at radius 1 is 1.07 bits per heavy atom. The molecule has 1 atom stereocenters. The van der Waals surface area contributed by atoms with Gasteiger partial charge in [0.25, 0.3) is 0 Å². The lowest BCUT2D eigenvalue weighted by atomic mass is 10.1. The maximum Gasteiger partial charge on any atom is 0.323 e. The van der Waals surface area contributed by atoms with E-state index in [9.17, 15) is 17.8 Å². The summed E-state index contributed by atoms with van der Waals surface area (Å²) in [7, 11) is -4.27. The molecular formula is C20H26NO5S-. The van der Waals surface area contributed by atoms with Crippen molar-refractivity contribution in [1.29, 1.82) is 0 Å². The summed E-state index contributed by atoms with van der Waals surface area (Å²) in [6.07, 6.45) is 0.660. The van der Waals surface area contributed by atoms with Gasteiger partial charge in [-0.3, -0.25) is 4.79 Å². The lowest BCUT2D eigenvalue weighted by molar-refractivity contribution is -0.146. The summed E-state index contributed by atoms with van der Waals surface area (Å²) < 4.78 is 36.3. The molecule has 2 aromatic rings. The Balaban J connectivity index is 0.000000289. The van der Waals surface area contributed by atoms with E-state index in [1.165, 1.54) is 12.1 Å². The Morgan fingerprint density at radius 2 is 1.63 bits per heavy atom. The monoisotopic (exact) mass is 392 g/mol. The van der Waals surface area contributed by atoms with Gasteiger partial charge in [-0.25, -0.2) is 8.42 Å². The second-order valence-electron chi connectivity index (χ2n) is 6.60. The van der Waals surface area contributed by atoms with Gasteiger partial charge in [0.15, 0.2) is 0 Å². The smallest absolute Gasteiger partial charge is 0.323 e. The zero-order valence-corrected chi connectivity index (χ0v) is 16.6. The van der Waals surface area contributed by atoms with Crippen LogP contribution in [0.25, 0.3) is 0 Å². The molecule has 2 N–H and O–H groups in total. The summed E-state index contributed by atoms with van der Waals surface area (Å²) in [6.45, 7) is 6.18. The highest BCUT2D eigenvalue weighted by atomic mass is 32.2. The number of nitrogens with two attached hydrogens (primary N) is 1. The van der Waals surface area contributed by atoms with Crippen molar-refractivity contribution in [3.63, 3.8) is 0 Å². The predicted octanol–water partition coefficient (Wildman–Crippen LogP) is 3.00.